The Morgan fingerprint density at radius 3 is 2.89 bits per heavy atom. The lowest BCUT2D eigenvalue weighted by molar-refractivity contribution is 0.102. The Morgan fingerprint density at radius 1 is 1.21 bits per heavy atom. The first-order valence-electron chi connectivity index (χ1n) is 5.92. The number of para-hydroxylation sites is 1. The number of anilines is 1. The number of hydrogen-bond acceptors (Lipinski definition) is 3. The van der Waals surface area contributed by atoms with Crippen LogP contribution in [0.4, 0.5) is 5.82 Å². The van der Waals surface area contributed by atoms with Gasteiger partial charge in [-0.3, -0.25) is 9.89 Å². The van der Waals surface area contributed by atoms with E-state index in [2.05, 4.69) is 20.5 Å². The number of aryl methyl sites for hydroxylation is 1. The molecule has 0 aliphatic heterocycles. The van der Waals surface area contributed by atoms with Crippen molar-refractivity contribution in [1.29, 1.82) is 0 Å². The normalized spacial score (nSPS) is 10.6. The third kappa shape index (κ3) is 2.06. The van der Waals surface area contributed by atoms with Crippen LogP contribution in [0, 0.1) is 6.92 Å². The molecule has 1 aromatic carbocycles. The van der Waals surface area contributed by atoms with Crippen LogP contribution in [0.3, 0.4) is 0 Å². The molecule has 0 unspecified atom stereocenters. The fourth-order valence-electron chi connectivity index (χ4n) is 1.92. The minimum atomic E-state index is -0.265. The number of aromatic nitrogens is 3. The zero-order chi connectivity index (χ0) is 13.2. The fraction of sp³-hybridized carbons (Fsp3) is 0.0714. The average molecular weight is 252 g/mol. The summed E-state index contributed by atoms with van der Waals surface area (Å²) in [7, 11) is 0. The molecule has 5 nitrogen and oxygen atoms in total. The number of benzene rings is 1. The Hall–Kier alpha value is -2.69. The number of H-pyrrole nitrogens is 1. The van der Waals surface area contributed by atoms with Gasteiger partial charge >= 0.3 is 0 Å². The molecule has 2 heterocycles. The molecule has 0 fully saturated rings. The molecule has 0 bridgehead atoms. The van der Waals surface area contributed by atoms with Gasteiger partial charge in [-0.2, -0.15) is 5.10 Å². The summed E-state index contributed by atoms with van der Waals surface area (Å²) >= 11 is 0. The quantitative estimate of drug-likeness (QED) is 0.736. The van der Waals surface area contributed by atoms with Gasteiger partial charge in [-0.1, -0.05) is 24.3 Å². The maximum atomic E-state index is 12.2. The minimum absolute atomic E-state index is 0.265. The van der Waals surface area contributed by atoms with Gasteiger partial charge in [0.1, 0.15) is 5.82 Å². The summed E-state index contributed by atoms with van der Waals surface area (Å²) in [5.74, 6) is 0.291. The molecule has 2 N–H and O–H groups in total. The molecule has 0 saturated heterocycles. The van der Waals surface area contributed by atoms with E-state index in [9.17, 15) is 4.79 Å². The van der Waals surface area contributed by atoms with E-state index in [1.165, 1.54) is 0 Å². The Labute approximate surface area is 109 Å². The first-order valence-corrected chi connectivity index (χ1v) is 5.92. The summed E-state index contributed by atoms with van der Waals surface area (Å²) in [6.45, 7) is 1.89. The second-order valence-electron chi connectivity index (χ2n) is 4.24. The number of carbonyl (C=O) groups is 1. The maximum Gasteiger partial charge on any atom is 0.277 e. The van der Waals surface area contributed by atoms with E-state index < -0.39 is 0 Å². The number of pyridine rings is 1. The molecule has 1 amide bonds. The highest BCUT2D eigenvalue weighted by Crippen LogP contribution is 2.17. The van der Waals surface area contributed by atoms with Crippen LogP contribution in [0.1, 0.15) is 16.1 Å². The van der Waals surface area contributed by atoms with Crippen LogP contribution >= 0.6 is 0 Å². The van der Waals surface area contributed by atoms with Gasteiger partial charge in [0.25, 0.3) is 5.91 Å². The van der Waals surface area contributed by atoms with Crippen LogP contribution in [0.5, 0.6) is 0 Å². The van der Waals surface area contributed by atoms with Gasteiger partial charge in [0, 0.05) is 11.6 Å². The van der Waals surface area contributed by atoms with Crippen LogP contribution in [-0.2, 0) is 0 Å². The summed E-state index contributed by atoms with van der Waals surface area (Å²) in [5, 5.41) is 10.5. The molecule has 0 spiro atoms. The lowest BCUT2D eigenvalue weighted by Crippen LogP contribution is -2.14. The topological polar surface area (TPSA) is 70.7 Å². The molecule has 3 rings (SSSR count). The minimum Gasteiger partial charge on any atom is -0.305 e. The Morgan fingerprint density at radius 2 is 2.05 bits per heavy atom. The summed E-state index contributed by atoms with van der Waals surface area (Å²) in [6, 6.07) is 11.2. The van der Waals surface area contributed by atoms with Gasteiger partial charge < -0.3 is 5.32 Å². The van der Waals surface area contributed by atoms with E-state index in [1.54, 1.807) is 6.20 Å². The molecule has 0 saturated carbocycles. The van der Waals surface area contributed by atoms with Crippen molar-refractivity contribution in [1.82, 2.24) is 15.2 Å². The van der Waals surface area contributed by atoms with Crippen molar-refractivity contribution in [2.45, 2.75) is 6.92 Å². The van der Waals surface area contributed by atoms with Crippen LogP contribution in [-0.4, -0.2) is 21.1 Å². The number of nitrogens with one attached hydrogen (secondary N) is 2. The van der Waals surface area contributed by atoms with Crippen LogP contribution < -0.4 is 5.32 Å². The van der Waals surface area contributed by atoms with Gasteiger partial charge in [0.15, 0.2) is 5.69 Å². The first-order chi connectivity index (χ1) is 9.25. The third-order valence-corrected chi connectivity index (χ3v) is 2.93. The summed E-state index contributed by atoms with van der Waals surface area (Å²) in [5.41, 5.74) is 2.13. The molecular weight excluding hydrogens is 240 g/mol. The summed E-state index contributed by atoms with van der Waals surface area (Å²) < 4.78 is 0. The number of hydrogen-bond donors (Lipinski definition) is 2. The predicted molar refractivity (Wildman–Crippen MR) is 73.0 cm³/mol. The number of carbonyl (C=O) groups excluding carboxylic acids is 1. The summed E-state index contributed by atoms with van der Waals surface area (Å²) in [6.07, 6.45) is 1.64. The molecule has 0 radical (unpaired) electrons. The summed E-state index contributed by atoms with van der Waals surface area (Å²) in [4.78, 5) is 16.3. The Balaban J connectivity index is 1.95. The fourth-order valence-corrected chi connectivity index (χ4v) is 1.92. The van der Waals surface area contributed by atoms with Crippen molar-refractivity contribution in [3.05, 3.63) is 53.9 Å². The Bertz CT molecular complexity index is 748. The maximum absolute atomic E-state index is 12.2. The van der Waals surface area contributed by atoms with Crippen molar-refractivity contribution in [2.75, 3.05) is 5.32 Å². The first kappa shape index (κ1) is 11.4. The highest BCUT2D eigenvalue weighted by atomic mass is 16.2. The number of aromatic amines is 1. The average Bonchev–Trinajstić information content (AvgIpc) is 2.85. The molecule has 5 heteroatoms. The van der Waals surface area contributed by atoms with E-state index in [4.69, 9.17) is 0 Å². The predicted octanol–water partition coefficient (Wildman–Crippen LogP) is 2.52. The second-order valence-corrected chi connectivity index (χ2v) is 4.24. The molecule has 3 aromatic rings. The lowest BCUT2D eigenvalue weighted by Gasteiger charge is -2.05. The monoisotopic (exact) mass is 252 g/mol. The number of amides is 1. The number of nitrogens with zero attached hydrogens (tertiary/aromatic N) is 2. The zero-order valence-corrected chi connectivity index (χ0v) is 10.3. The van der Waals surface area contributed by atoms with Crippen LogP contribution in [0.25, 0.3) is 10.9 Å². The van der Waals surface area contributed by atoms with Gasteiger partial charge in [-0.05, 0) is 24.6 Å². The Kier molecular flexibility index (Phi) is 2.72. The van der Waals surface area contributed by atoms with E-state index in [-0.39, 0.29) is 5.91 Å². The molecule has 19 heavy (non-hydrogen) atoms. The standard InChI is InChI=1S/C14H12N4O/c1-9-5-4-8-15-13(9)16-14(19)12-10-6-2-3-7-11(10)17-18-12/h2-8H,1H3,(H,17,18)(H,15,16,19). The van der Waals surface area contributed by atoms with E-state index in [1.807, 2.05) is 43.3 Å². The molecular formula is C14H12N4O. The molecule has 0 aliphatic rings. The zero-order valence-electron chi connectivity index (χ0n) is 10.3. The van der Waals surface area contributed by atoms with Crippen LogP contribution in [0.2, 0.25) is 0 Å². The van der Waals surface area contributed by atoms with E-state index in [0.29, 0.717) is 11.5 Å². The molecule has 2 aromatic heterocycles. The lowest BCUT2D eigenvalue weighted by atomic mass is 10.2. The van der Waals surface area contributed by atoms with Crippen molar-refractivity contribution in [2.24, 2.45) is 0 Å². The molecule has 0 aliphatic carbocycles. The highest BCUT2D eigenvalue weighted by Gasteiger charge is 2.14. The number of fused-ring (bicyclic) bond motifs is 1. The van der Waals surface area contributed by atoms with Gasteiger partial charge in [0.2, 0.25) is 0 Å². The van der Waals surface area contributed by atoms with Crippen molar-refractivity contribution in [3.63, 3.8) is 0 Å². The SMILES string of the molecule is Cc1cccnc1NC(=O)c1n[nH]c2ccccc12. The second kappa shape index (κ2) is 4.53. The van der Waals surface area contributed by atoms with Crippen molar-refractivity contribution < 1.29 is 4.79 Å². The third-order valence-electron chi connectivity index (χ3n) is 2.93. The highest BCUT2D eigenvalue weighted by molar-refractivity contribution is 6.10. The molecule has 94 valence electrons. The van der Waals surface area contributed by atoms with Gasteiger partial charge in [0.05, 0.1) is 5.52 Å². The van der Waals surface area contributed by atoms with Gasteiger partial charge in [-0.25, -0.2) is 4.98 Å². The van der Waals surface area contributed by atoms with Crippen molar-refractivity contribution >= 4 is 22.6 Å². The number of rotatable bonds is 2. The smallest absolute Gasteiger partial charge is 0.277 e. The van der Waals surface area contributed by atoms with Gasteiger partial charge in [-0.15, -0.1) is 0 Å². The van der Waals surface area contributed by atoms with Crippen molar-refractivity contribution in [3.8, 4) is 0 Å². The molecule has 0 atom stereocenters. The van der Waals surface area contributed by atoms with E-state index >= 15 is 0 Å². The van der Waals surface area contributed by atoms with E-state index in [0.717, 1.165) is 16.5 Å². The van der Waals surface area contributed by atoms with Crippen LogP contribution in [0.15, 0.2) is 42.6 Å². The largest absolute Gasteiger partial charge is 0.305 e.